The number of aryl methyl sites for hydroxylation is 1. The molecule has 9 heteroatoms. The van der Waals surface area contributed by atoms with Crippen LogP contribution < -0.4 is 0 Å². The maximum Gasteiger partial charge on any atom is 0.294 e. The Balaban J connectivity index is 2.45. The van der Waals surface area contributed by atoms with Crippen LogP contribution in [0.15, 0.2) is 28.2 Å². The van der Waals surface area contributed by atoms with Crippen molar-refractivity contribution in [2.24, 2.45) is 5.11 Å². The van der Waals surface area contributed by atoms with Crippen molar-refractivity contribution in [3.63, 3.8) is 0 Å². The first-order valence-corrected chi connectivity index (χ1v) is 8.09. The summed E-state index contributed by atoms with van der Waals surface area (Å²) in [5, 5.41) is 3.35. The van der Waals surface area contributed by atoms with Gasteiger partial charge in [0.05, 0.1) is 24.7 Å². The van der Waals surface area contributed by atoms with Crippen LogP contribution >= 0.6 is 0 Å². The molecule has 1 rings (SSSR count). The minimum Gasteiger partial charge on any atom is -0.379 e. The molecule has 1 unspecified atom stereocenters. The molecule has 122 valence electrons. The first-order chi connectivity index (χ1) is 10.3. The fraction of sp³-hybridized carbons (Fsp3) is 0.538. The molecule has 0 bridgehead atoms. The third-order valence-corrected chi connectivity index (χ3v) is 3.76. The van der Waals surface area contributed by atoms with Crippen molar-refractivity contribution in [3.05, 3.63) is 39.8 Å². The fourth-order valence-corrected chi connectivity index (χ4v) is 2.56. The van der Waals surface area contributed by atoms with E-state index < -0.39 is 16.3 Å². The van der Waals surface area contributed by atoms with Gasteiger partial charge in [-0.2, -0.15) is 8.42 Å². The Kier molecular flexibility index (Phi) is 7.30. The Morgan fingerprint density at radius 3 is 2.73 bits per heavy atom. The summed E-state index contributed by atoms with van der Waals surface area (Å²) in [5.74, 6) is 0. The number of nitrogens with zero attached hydrogens (tertiary/aromatic N) is 3. The van der Waals surface area contributed by atoms with Gasteiger partial charge < -0.3 is 9.47 Å². The van der Waals surface area contributed by atoms with Crippen LogP contribution in [0, 0.1) is 6.92 Å². The molecule has 0 fully saturated rings. The number of rotatable bonds is 9. The molecule has 1 atom stereocenters. The van der Waals surface area contributed by atoms with Gasteiger partial charge in [-0.25, -0.2) is 0 Å². The third-order valence-electron chi connectivity index (χ3n) is 2.81. The summed E-state index contributed by atoms with van der Waals surface area (Å²) in [5.41, 5.74) is 9.60. The van der Waals surface area contributed by atoms with E-state index in [4.69, 9.17) is 15.0 Å². The van der Waals surface area contributed by atoms with Crippen LogP contribution in [0.25, 0.3) is 10.4 Å². The Morgan fingerprint density at radius 2 is 2.09 bits per heavy atom. The highest BCUT2D eigenvalue weighted by Crippen LogP contribution is 2.17. The molecule has 0 aliphatic rings. The van der Waals surface area contributed by atoms with Gasteiger partial charge in [-0.3, -0.25) is 4.55 Å². The molecular formula is C13H19N3O5S. The van der Waals surface area contributed by atoms with E-state index in [0.717, 1.165) is 5.56 Å². The average Bonchev–Trinajstić information content (AvgIpc) is 2.41. The van der Waals surface area contributed by atoms with Crippen molar-refractivity contribution in [1.82, 2.24) is 0 Å². The van der Waals surface area contributed by atoms with Gasteiger partial charge in [-0.05, 0) is 37.4 Å². The maximum absolute atomic E-state index is 11.3. The van der Waals surface area contributed by atoms with E-state index in [2.05, 4.69) is 10.0 Å². The van der Waals surface area contributed by atoms with E-state index in [1.807, 2.05) is 6.92 Å². The molecule has 0 saturated heterocycles. The number of benzene rings is 1. The van der Waals surface area contributed by atoms with Crippen molar-refractivity contribution >= 4 is 10.1 Å². The molecule has 0 aliphatic carbocycles. The summed E-state index contributed by atoms with van der Waals surface area (Å²) in [6, 6.07) is 4.70. The Hall–Kier alpha value is -1.64. The second-order valence-corrected chi connectivity index (χ2v) is 6.01. The fourth-order valence-electron chi connectivity index (χ4n) is 1.82. The molecule has 0 amide bonds. The van der Waals surface area contributed by atoms with Crippen LogP contribution in [0.1, 0.15) is 18.1 Å². The second kappa shape index (κ2) is 8.72. The van der Waals surface area contributed by atoms with Gasteiger partial charge in [0.15, 0.2) is 0 Å². The molecule has 0 radical (unpaired) electrons. The van der Waals surface area contributed by atoms with Crippen molar-refractivity contribution in [2.45, 2.75) is 31.4 Å². The topological polar surface area (TPSA) is 122 Å². The zero-order valence-electron chi connectivity index (χ0n) is 12.5. The van der Waals surface area contributed by atoms with E-state index in [9.17, 15) is 13.0 Å². The lowest BCUT2D eigenvalue weighted by Gasteiger charge is -2.10. The SMILES string of the molecule is Cc1ccc(S(=O)(=O)O)c(CCOCCOC(C)N=[N+]=[N-])c1. The van der Waals surface area contributed by atoms with Crippen LogP contribution in [0.3, 0.4) is 0 Å². The smallest absolute Gasteiger partial charge is 0.294 e. The van der Waals surface area contributed by atoms with E-state index >= 15 is 0 Å². The summed E-state index contributed by atoms with van der Waals surface area (Å²) in [4.78, 5) is 2.51. The largest absolute Gasteiger partial charge is 0.379 e. The van der Waals surface area contributed by atoms with Crippen LogP contribution in [0.5, 0.6) is 0 Å². The molecule has 0 saturated carbocycles. The molecule has 8 nitrogen and oxygen atoms in total. The third kappa shape index (κ3) is 6.42. The standard InChI is InChI=1S/C13H19N3O5S/c1-10-3-4-13(22(17,18)19)12(9-10)5-6-20-7-8-21-11(2)15-16-14/h3-4,9,11H,5-8H2,1-2H3,(H,17,18,19). The van der Waals surface area contributed by atoms with Gasteiger partial charge in [0.25, 0.3) is 10.1 Å². The minimum atomic E-state index is -4.24. The van der Waals surface area contributed by atoms with Gasteiger partial charge in [-0.1, -0.05) is 22.8 Å². The monoisotopic (exact) mass is 329 g/mol. The van der Waals surface area contributed by atoms with Gasteiger partial charge in [0, 0.05) is 4.91 Å². The van der Waals surface area contributed by atoms with E-state index in [-0.39, 0.29) is 24.7 Å². The molecule has 22 heavy (non-hydrogen) atoms. The van der Waals surface area contributed by atoms with Gasteiger partial charge in [-0.15, -0.1) is 0 Å². The zero-order valence-corrected chi connectivity index (χ0v) is 13.3. The minimum absolute atomic E-state index is 0.102. The highest BCUT2D eigenvalue weighted by atomic mass is 32.2. The first kappa shape index (κ1) is 18.4. The van der Waals surface area contributed by atoms with Crippen LogP contribution in [0.4, 0.5) is 0 Å². The summed E-state index contributed by atoms with van der Waals surface area (Å²) >= 11 is 0. The van der Waals surface area contributed by atoms with Crippen molar-refractivity contribution < 1.29 is 22.4 Å². The van der Waals surface area contributed by atoms with Crippen LogP contribution in [-0.2, 0) is 26.0 Å². The molecule has 0 aliphatic heterocycles. The summed E-state index contributed by atoms with van der Waals surface area (Å²) in [6.45, 7) is 4.29. The lowest BCUT2D eigenvalue weighted by atomic mass is 10.1. The van der Waals surface area contributed by atoms with Crippen molar-refractivity contribution in [3.8, 4) is 0 Å². The highest BCUT2D eigenvalue weighted by Gasteiger charge is 2.15. The predicted octanol–water partition coefficient (Wildman–Crippen LogP) is 2.47. The number of hydrogen-bond acceptors (Lipinski definition) is 5. The molecule has 0 heterocycles. The number of azide groups is 1. The Labute approximate surface area is 129 Å². The van der Waals surface area contributed by atoms with Gasteiger partial charge >= 0.3 is 0 Å². The normalized spacial score (nSPS) is 12.7. The van der Waals surface area contributed by atoms with E-state index in [0.29, 0.717) is 12.0 Å². The van der Waals surface area contributed by atoms with Crippen molar-refractivity contribution in [1.29, 1.82) is 0 Å². The molecule has 1 aromatic rings. The van der Waals surface area contributed by atoms with Crippen LogP contribution in [0.2, 0.25) is 0 Å². The molecule has 0 aromatic heterocycles. The number of hydrogen-bond donors (Lipinski definition) is 1. The predicted molar refractivity (Wildman–Crippen MR) is 80.1 cm³/mol. The zero-order chi connectivity index (χ0) is 16.6. The summed E-state index contributed by atoms with van der Waals surface area (Å²) in [6.07, 6.45) is -0.209. The highest BCUT2D eigenvalue weighted by molar-refractivity contribution is 7.85. The average molecular weight is 329 g/mol. The Morgan fingerprint density at radius 1 is 1.36 bits per heavy atom. The molecule has 0 spiro atoms. The molecule has 1 N–H and O–H groups in total. The van der Waals surface area contributed by atoms with Crippen LogP contribution in [-0.4, -0.2) is 39.0 Å². The summed E-state index contributed by atoms with van der Waals surface area (Å²) < 4.78 is 42.3. The van der Waals surface area contributed by atoms with Gasteiger partial charge in [0.2, 0.25) is 0 Å². The lowest BCUT2D eigenvalue weighted by molar-refractivity contribution is 0.0158. The van der Waals surface area contributed by atoms with E-state index in [1.54, 1.807) is 19.1 Å². The quantitative estimate of drug-likeness (QED) is 0.245. The second-order valence-electron chi connectivity index (χ2n) is 4.62. The summed E-state index contributed by atoms with van der Waals surface area (Å²) in [7, 11) is -4.24. The first-order valence-electron chi connectivity index (χ1n) is 6.65. The maximum atomic E-state index is 11.3. The van der Waals surface area contributed by atoms with E-state index in [1.165, 1.54) is 6.07 Å². The Bertz CT molecular complexity index is 641. The van der Waals surface area contributed by atoms with Gasteiger partial charge in [0.1, 0.15) is 6.23 Å². The van der Waals surface area contributed by atoms with Crippen molar-refractivity contribution in [2.75, 3.05) is 19.8 Å². The number of ether oxygens (including phenoxy) is 2. The molecular weight excluding hydrogens is 310 g/mol. The molecule has 1 aromatic carbocycles. The lowest BCUT2D eigenvalue weighted by Crippen LogP contribution is -2.12.